The summed E-state index contributed by atoms with van der Waals surface area (Å²) in [7, 11) is -3.16. The average molecular weight is 335 g/mol. The number of hydrogen-bond acceptors (Lipinski definition) is 3. The van der Waals surface area contributed by atoms with Gasteiger partial charge in [0.1, 0.15) is 0 Å². The predicted molar refractivity (Wildman–Crippen MR) is 77.4 cm³/mol. The molecular weight excluding hydrogens is 316 g/mol. The lowest BCUT2D eigenvalue weighted by Crippen LogP contribution is -2.28. The van der Waals surface area contributed by atoms with Crippen molar-refractivity contribution in [3.05, 3.63) is 30.1 Å². The summed E-state index contributed by atoms with van der Waals surface area (Å²) >= 11 is 3.43. The first-order valence-corrected chi connectivity index (χ1v) is 8.57. The van der Waals surface area contributed by atoms with Gasteiger partial charge in [-0.1, -0.05) is 22.9 Å². The van der Waals surface area contributed by atoms with Gasteiger partial charge in [-0.3, -0.25) is 4.98 Å². The van der Waals surface area contributed by atoms with Gasteiger partial charge in [-0.25, -0.2) is 13.1 Å². The molecule has 0 aliphatic heterocycles. The van der Waals surface area contributed by atoms with Crippen molar-refractivity contribution in [2.45, 2.75) is 31.0 Å². The summed E-state index contributed by atoms with van der Waals surface area (Å²) in [5.41, 5.74) is 0.990. The highest BCUT2D eigenvalue weighted by molar-refractivity contribution is 9.09. The number of rotatable bonds is 8. The van der Waals surface area contributed by atoms with Gasteiger partial charge in [-0.15, -0.1) is 0 Å². The van der Waals surface area contributed by atoms with Crippen molar-refractivity contribution < 1.29 is 8.42 Å². The maximum absolute atomic E-state index is 11.7. The van der Waals surface area contributed by atoms with Crippen LogP contribution in [-0.2, 0) is 16.4 Å². The Labute approximate surface area is 117 Å². The highest BCUT2D eigenvalue weighted by Crippen LogP contribution is 2.05. The van der Waals surface area contributed by atoms with E-state index in [0.717, 1.165) is 18.4 Å². The molecule has 0 saturated heterocycles. The quantitative estimate of drug-likeness (QED) is 0.585. The molecule has 1 rings (SSSR count). The Kier molecular flexibility index (Phi) is 6.81. The third kappa shape index (κ3) is 7.08. The van der Waals surface area contributed by atoms with Crippen LogP contribution in [0.3, 0.4) is 0 Å². The number of sulfonamides is 1. The van der Waals surface area contributed by atoms with Crippen molar-refractivity contribution in [2.75, 3.05) is 12.3 Å². The molecule has 1 atom stereocenters. The summed E-state index contributed by atoms with van der Waals surface area (Å²) in [6.45, 7) is 2.56. The summed E-state index contributed by atoms with van der Waals surface area (Å²) < 4.78 is 26.0. The molecule has 4 nitrogen and oxygen atoms in total. The molecule has 0 aliphatic rings. The number of nitrogens with one attached hydrogen (secondary N) is 1. The SMILES string of the molecule is CC(Br)CCCNS(=O)(=O)CCc1ccncc1. The van der Waals surface area contributed by atoms with E-state index < -0.39 is 10.0 Å². The second-order valence-electron chi connectivity index (χ2n) is 4.24. The van der Waals surface area contributed by atoms with E-state index in [9.17, 15) is 8.42 Å². The molecule has 0 aliphatic carbocycles. The molecule has 0 bridgehead atoms. The van der Waals surface area contributed by atoms with Gasteiger partial charge in [0, 0.05) is 23.8 Å². The minimum Gasteiger partial charge on any atom is -0.265 e. The third-order valence-corrected chi connectivity index (χ3v) is 4.35. The van der Waals surface area contributed by atoms with Gasteiger partial charge in [0.2, 0.25) is 10.0 Å². The van der Waals surface area contributed by atoms with Crippen molar-refractivity contribution in [1.29, 1.82) is 0 Å². The monoisotopic (exact) mass is 334 g/mol. The predicted octanol–water partition coefficient (Wildman–Crippen LogP) is 2.11. The van der Waals surface area contributed by atoms with E-state index in [-0.39, 0.29) is 5.75 Å². The fourth-order valence-electron chi connectivity index (χ4n) is 1.48. The Hall–Kier alpha value is -0.460. The first-order chi connectivity index (χ1) is 8.49. The summed E-state index contributed by atoms with van der Waals surface area (Å²) in [5, 5.41) is 0. The van der Waals surface area contributed by atoms with Crippen LogP contribution in [0.15, 0.2) is 24.5 Å². The second kappa shape index (κ2) is 7.86. The van der Waals surface area contributed by atoms with Crippen molar-refractivity contribution >= 4 is 26.0 Å². The number of nitrogens with zero attached hydrogens (tertiary/aromatic N) is 1. The standard InChI is InChI=1S/C12H19BrN2O2S/c1-11(13)3-2-7-15-18(16,17)10-6-12-4-8-14-9-5-12/h4-5,8-9,11,15H,2-3,6-7,10H2,1H3. The molecule has 1 unspecified atom stereocenters. The van der Waals surface area contributed by atoms with E-state index in [1.807, 2.05) is 12.1 Å². The van der Waals surface area contributed by atoms with E-state index in [0.29, 0.717) is 17.8 Å². The van der Waals surface area contributed by atoms with Crippen LogP contribution in [0.4, 0.5) is 0 Å². The minimum atomic E-state index is -3.16. The summed E-state index contributed by atoms with van der Waals surface area (Å²) in [5.74, 6) is 0.126. The van der Waals surface area contributed by atoms with Crippen LogP contribution in [0.2, 0.25) is 0 Å². The first kappa shape index (κ1) is 15.6. The van der Waals surface area contributed by atoms with Crippen LogP contribution >= 0.6 is 15.9 Å². The Bertz CT molecular complexity index is 435. The summed E-state index contributed by atoms with van der Waals surface area (Å²) in [4.78, 5) is 4.33. The molecular formula is C12H19BrN2O2S. The summed E-state index contributed by atoms with van der Waals surface area (Å²) in [6.07, 6.45) is 5.68. The lowest BCUT2D eigenvalue weighted by molar-refractivity contribution is 0.576. The fraction of sp³-hybridized carbons (Fsp3) is 0.583. The number of aryl methyl sites for hydroxylation is 1. The van der Waals surface area contributed by atoms with Crippen LogP contribution in [0.5, 0.6) is 0 Å². The maximum atomic E-state index is 11.7. The molecule has 6 heteroatoms. The molecule has 0 amide bonds. The number of aromatic nitrogens is 1. The molecule has 0 saturated carbocycles. The van der Waals surface area contributed by atoms with Crippen molar-refractivity contribution in [3.8, 4) is 0 Å². The van der Waals surface area contributed by atoms with E-state index in [2.05, 4.69) is 32.6 Å². The van der Waals surface area contributed by atoms with Gasteiger partial charge >= 0.3 is 0 Å². The van der Waals surface area contributed by atoms with Crippen molar-refractivity contribution in [3.63, 3.8) is 0 Å². The average Bonchev–Trinajstić information content (AvgIpc) is 2.34. The maximum Gasteiger partial charge on any atom is 0.211 e. The summed E-state index contributed by atoms with van der Waals surface area (Å²) in [6, 6.07) is 3.67. The number of alkyl halides is 1. The molecule has 1 aromatic heterocycles. The van der Waals surface area contributed by atoms with Gasteiger partial charge in [0.05, 0.1) is 5.75 Å². The van der Waals surface area contributed by atoms with E-state index in [1.165, 1.54) is 0 Å². The van der Waals surface area contributed by atoms with E-state index in [4.69, 9.17) is 0 Å². The molecule has 0 aromatic carbocycles. The highest BCUT2D eigenvalue weighted by Gasteiger charge is 2.09. The van der Waals surface area contributed by atoms with Crippen LogP contribution < -0.4 is 4.72 Å². The normalized spacial score (nSPS) is 13.4. The first-order valence-electron chi connectivity index (χ1n) is 6.00. The van der Waals surface area contributed by atoms with Crippen LogP contribution in [0, 0.1) is 0 Å². The molecule has 18 heavy (non-hydrogen) atoms. The smallest absolute Gasteiger partial charge is 0.211 e. The molecule has 0 spiro atoms. The zero-order chi connectivity index (χ0) is 13.4. The van der Waals surface area contributed by atoms with Crippen LogP contribution in [0.25, 0.3) is 0 Å². The Balaban J connectivity index is 2.28. The van der Waals surface area contributed by atoms with Gasteiger partial charge in [0.25, 0.3) is 0 Å². The van der Waals surface area contributed by atoms with Crippen LogP contribution in [-0.4, -0.2) is 30.5 Å². The van der Waals surface area contributed by atoms with Crippen molar-refractivity contribution in [1.82, 2.24) is 9.71 Å². The zero-order valence-corrected chi connectivity index (χ0v) is 12.9. The molecule has 1 aromatic rings. The Morgan fingerprint density at radius 1 is 1.39 bits per heavy atom. The van der Waals surface area contributed by atoms with Gasteiger partial charge in [-0.05, 0) is 37.0 Å². The zero-order valence-electron chi connectivity index (χ0n) is 10.5. The Morgan fingerprint density at radius 2 is 2.06 bits per heavy atom. The van der Waals surface area contributed by atoms with Gasteiger partial charge in [-0.2, -0.15) is 0 Å². The van der Waals surface area contributed by atoms with Crippen molar-refractivity contribution in [2.24, 2.45) is 0 Å². The highest BCUT2D eigenvalue weighted by atomic mass is 79.9. The third-order valence-electron chi connectivity index (χ3n) is 2.51. The lowest BCUT2D eigenvalue weighted by Gasteiger charge is -2.07. The second-order valence-corrected chi connectivity index (χ2v) is 7.73. The molecule has 102 valence electrons. The largest absolute Gasteiger partial charge is 0.265 e. The lowest BCUT2D eigenvalue weighted by atomic mass is 10.2. The van der Waals surface area contributed by atoms with E-state index in [1.54, 1.807) is 12.4 Å². The van der Waals surface area contributed by atoms with Gasteiger partial charge < -0.3 is 0 Å². The van der Waals surface area contributed by atoms with Crippen LogP contribution in [0.1, 0.15) is 25.3 Å². The Morgan fingerprint density at radius 3 is 2.67 bits per heavy atom. The van der Waals surface area contributed by atoms with Gasteiger partial charge in [0.15, 0.2) is 0 Å². The molecule has 1 N–H and O–H groups in total. The fourth-order valence-corrected chi connectivity index (χ4v) is 2.91. The molecule has 0 fully saturated rings. The molecule has 0 radical (unpaired) electrons. The molecule has 1 heterocycles. The van der Waals surface area contributed by atoms with E-state index >= 15 is 0 Å². The topological polar surface area (TPSA) is 59.1 Å². The number of halogens is 1. The number of hydrogen-bond donors (Lipinski definition) is 1. The minimum absolute atomic E-state index is 0.126. The number of pyridine rings is 1.